The molecule has 27 heavy (non-hydrogen) atoms. The molecule has 0 aliphatic carbocycles. The van der Waals surface area contributed by atoms with Gasteiger partial charge in [-0.25, -0.2) is 0 Å². The molecule has 0 saturated heterocycles. The van der Waals surface area contributed by atoms with Crippen molar-refractivity contribution in [2.75, 3.05) is 20.3 Å². The second-order valence-corrected chi connectivity index (χ2v) is 7.94. The van der Waals surface area contributed by atoms with Crippen LogP contribution in [-0.4, -0.2) is 52.1 Å². The third-order valence-corrected chi connectivity index (χ3v) is 4.33. The second-order valence-electron chi connectivity index (χ2n) is 7.33. The van der Waals surface area contributed by atoms with Crippen molar-refractivity contribution in [2.45, 2.75) is 39.3 Å². The average Bonchev–Trinajstić information content (AvgIpc) is 3.12. The molecule has 0 bridgehead atoms. The molecule has 7 nitrogen and oxygen atoms in total. The Labute approximate surface area is 163 Å². The zero-order chi connectivity index (χ0) is 20.0. The van der Waals surface area contributed by atoms with Gasteiger partial charge in [-0.3, -0.25) is 9.59 Å². The summed E-state index contributed by atoms with van der Waals surface area (Å²) in [6.07, 6.45) is 0. The van der Waals surface area contributed by atoms with E-state index in [9.17, 15) is 9.59 Å². The monoisotopic (exact) mass is 390 g/mol. The van der Waals surface area contributed by atoms with Gasteiger partial charge < -0.3 is 15.0 Å². The van der Waals surface area contributed by atoms with Crippen molar-refractivity contribution in [3.63, 3.8) is 0 Å². The van der Waals surface area contributed by atoms with Gasteiger partial charge in [0.2, 0.25) is 5.91 Å². The minimum absolute atomic E-state index is 0.219. The number of carbonyl (C=O) groups is 2. The highest BCUT2D eigenvalue weighted by Crippen LogP contribution is 2.24. The number of hydrogen-bond donors (Lipinski definition) is 1. The average molecular weight is 391 g/mol. The van der Waals surface area contributed by atoms with Crippen LogP contribution in [0.2, 0.25) is 0 Å². The molecule has 0 radical (unpaired) electrons. The normalized spacial score (nSPS) is 12.5. The van der Waals surface area contributed by atoms with Crippen molar-refractivity contribution in [2.24, 2.45) is 0 Å². The first-order chi connectivity index (χ1) is 12.7. The Morgan fingerprint density at radius 3 is 2.44 bits per heavy atom. The van der Waals surface area contributed by atoms with Crippen LogP contribution >= 0.6 is 11.5 Å². The Morgan fingerprint density at radius 2 is 1.93 bits per heavy atom. The van der Waals surface area contributed by atoms with Crippen LogP contribution < -0.4 is 5.32 Å². The first-order valence-electron chi connectivity index (χ1n) is 8.68. The molecule has 1 aromatic carbocycles. The zero-order valence-electron chi connectivity index (χ0n) is 16.4. The van der Waals surface area contributed by atoms with Gasteiger partial charge in [-0.1, -0.05) is 34.3 Å². The smallest absolute Gasteiger partial charge is 0.276 e. The number of carbonyl (C=O) groups excluding carboxylic acids is 2. The molecule has 0 aliphatic heterocycles. The standard InChI is InChI=1S/C19H26N4O3S/c1-13-6-8-14(9-7-13)16(17(24)20-19(2,3)4)23(10-11-26-5)18(25)15-12-27-22-21-15/h6-9,12,16H,10-11H2,1-5H3,(H,20,24)/t16-/m0/s1. The highest BCUT2D eigenvalue weighted by Gasteiger charge is 2.34. The van der Waals surface area contributed by atoms with Gasteiger partial charge in [0.15, 0.2) is 5.69 Å². The van der Waals surface area contributed by atoms with Gasteiger partial charge in [-0.05, 0) is 44.8 Å². The summed E-state index contributed by atoms with van der Waals surface area (Å²) >= 11 is 1.10. The van der Waals surface area contributed by atoms with Gasteiger partial charge in [0, 0.05) is 24.6 Å². The van der Waals surface area contributed by atoms with E-state index in [1.54, 1.807) is 12.5 Å². The van der Waals surface area contributed by atoms with Crippen LogP contribution in [-0.2, 0) is 9.53 Å². The van der Waals surface area contributed by atoms with E-state index in [0.29, 0.717) is 6.61 Å². The zero-order valence-corrected chi connectivity index (χ0v) is 17.2. The lowest BCUT2D eigenvalue weighted by Crippen LogP contribution is -2.50. The topological polar surface area (TPSA) is 84.4 Å². The van der Waals surface area contributed by atoms with Crippen molar-refractivity contribution in [1.29, 1.82) is 0 Å². The van der Waals surface area contributed by atoms with Crippen LogP contribution in [0, 0.1) is 6.92 Å². The molecular weight excluding hydrogens is 364 g/mol. The molecule has 0 saturated carbocycles. The van der Waals surface area contributed by atoms with Crippen molar-refractivity contribution >= 4 is 23.3 Å². The van der Waals surface area contributed by atoms with E-state index in [-0.39, 0.29) is 24.1 Å². The third-order valence-electron chi connectivity index (χ3n) is 3.83. The van der Waals surface area contributed by atoms with Gasteiger partial charge in [-0.2, -0.15) is 0 Å². The van der Waals surface area contributed by atoms with Gasteiger partial charge in [0.1, 0.15) is 6.04 Å². The molecule has 2 rings (SSSR count). The van der Waals surface area contributed by atoms with E-state index in [0.717, 1.165) is 22.7 Å². The Hall–Kier alpha value is -2.32. The molecule has 1 N–H and O–H groups in total. The number of rotatable bonds is 7. The van der Waals surface area contributed by atoms with Crippen molar-refractivity contribution in [3.8, 4) is 0 Å². The molecule has 1 aromatic heterocycles. The minimum Gasteiger partial charge on any atom is -0.383 e. The molecule has 2 amide bonds. The maximum atomic E-state index is 13.1. The van der Waals surface area contributed by atoms with Gasteiger partial charge in [0.05, 0.1) is 6.61 Å². The fourth-order valence-corrected chi connectivity index (χ4v) is 3.03. The Balaban J connectivity index is 2.46. The Morgan fingerprint density at radius 1 is 1.26 bits per heavy atom. The lowest BCUT2D eigenvalue weighted by molar-refractivity contribution is -0.127. The summed E-state index contributed by atoms with van der Waals surface area (Å²) in [5.74, 6) is -0.602. The highest BCUT2D eigenvalue weighted by atomic mass is 32.1. The summed E-state index contributed by atoms with van der Waals surface area (Å²) in [6.45, 7) is 8.24. The van der Waals surface area contributed by atoms with Crippen molar-refractivity contribution in [3.05, 3.63) is 46.5 Å². The summed E-state index contributed by atoms with van der Waals surface area (Å²) in [6, 6.07) is 6.80. The minimum atomic E-state index is -0.797. The quantitative estimate of drug-likeness (QED) is 0.785. The van der Waals surface area contributed by atoms with Crippen molar-refractivity contribution in [1.82, 2.24) is 19.8 Å². The number of aryl methyl sites for hydroxylation is 1. The van der Waals surface area contributed by atoms with E-state index in [1.165, 1.54) is 4.90 Å². The van der Waals surface area contributed by atoms with Gasteiger partial charge >= 0.3 is 0 Å². The van der Waals surface area contributed by atoms with Crippen LogP contribution in [0.4, 0.5) is 0 Å². The molecular formula is C19H26N4O3S. The lowest BCUT2D eigenvalue weighted by Gasteiger charge is -2.33. The fraction of sp³-hybridized carbons (Fsp3) is 0.474. The van der Waals surface area contributed by atoms with Crippen LogP contribution in [0.1, 0.15) is 48.4 Å². The highest BCUT2D eigenvalue weighted by molar-refractivity contribution is 7.03. The van der Waals surface area contributed by atoms with Crippen molar-refractivity contribution < 1.29 is 14.3 Å². The van der Waals surface area contributed by atoms with Gasteiger partial charge in [0.25, 0.3) is 5.91 Å². The summed E-state index contributed by atoms with van der Waals surface area (Å²) < 4.78 is 8.93. The molecule has 8 heteroatoms. The van der Waals surface area contributed by atoms with Crippen LogP contribution in [0.3, 0.4) is 0 Å². The van der Waals surface area contributed by atoms with Crippen LogP contribution in [0.25, 0.3) is 0 Å². The Kier molecular flexibility index (Phi) is 7.04. The number of aromatic nitrogens is 2. The molecule has 0 aliphatic rings. The van der Waals surface area contributed by atoms with Gasteiger partial charge in [-0.15, -0.1) is 5.10 Å². The van der Waals surface area contributed by atoms with E-state index in [1.807, 2.05) is 52.0 Å². The maximum absolute atomic E-state index is 13.1. The predicted octanol–water partition coefficient (Wildman–Crippen LogP) is 2.59. The third kappa shape index (κ3) is 5.83. The lowest BCUT2D eigenvalue weighted by atomic mass is 10.00. The largest absolute Gasteiger partial charge is 0.383 e. The van der Waals surface area contributed by atoms with Crippen LogP contribution in [0.15, 0.2) is 29.6 Å². The summed E-state index contributed by atoms with van der Waals surface area (Å²) in [5.41, 5.74) is 1.59. The number of ether oxygens (including phenoxy) is 1. The number of nitrogens with zero attached hydrogens (tertiary/aromatic N) is 3. The number of amides is 2. The van der Waals surface area contributed by atoms with E-state index < -0.39 is 11.6 Å². The molecule has 0 spiro atoms. The first kappa shape index (κ1) is 21.0. The van der Waals surface area contributed by atoms with E-state index in [2.05, 4.69) is 14.9 Å². The maximum Gasteiger partial charge on any atom is 0.276 e. The second kappa shape index (κ2) is 9.05. The summed E-state index contributed by atoms with van der Waals surface area (Å²) in [7, 11) is 1.56. The summed E-state index contributed by atoms with van der Waals surface area (Å²) in [5, 5.41) is 8.44. The molecule has 1 atom stereocenters. The molecule has 1 heterocycles. The molecule has 146 valence electrons. The Bertz CT molecular complexity index is 754. The number of benzene rings is 1. The number of methoxy groups -OCH3 is 1. The van der Waals surface area contributed by atoms with Crippen LogP contribution in [0.5, 0.6) is 0 Å². The molecule has 0 unspecified atom stereocenters. The molecule has 0 fully saturated rings. The summed E-state index contributed by atoms with van der Waals surface area (Å²) in [4.78, 5) is 27.7. The number of nitrogens with one attached hydrogen (secondary N) is 1. The number of hydrogen-bond acceptors (Lipinski definition) is 6. The molecule has 2 aromatic rings. The van der Waals surface area contributed by atoms with E-state index in [4.69, 9.17) is 4.74 Å². The van der Waals surface area contributed by atoms with E-state index >= 15 is 0 Å². The first-order valence-corrected chi connectivity index (χ1v) is 9.52. The SMILES string of the molecule is COCCN(C(=O)c1csnn1)[C@H](C(=O)NC(C)(C)C)c1ccc(C)cc1. The predicted molar refractivity (Wildman–Crippen MR) is 105 cm³/mol. The fourth-order valence-electron chi connectivity index (χ4n) is 2.60.